The fourth-order valence-electron chi connectivity index (χ4n) is 3.52. The second kappa shape index (κ2) is 11.1. The van der Waals surface area contributed by atoms with E-state index in [-0.39, 0.29) is 4.83 Å². The van der Waals surface area contributed by atoms with Gasteiger partial charge in [-0.3, -0.25) is 9.98 Å². The molecule has 158 valence electrons. The van der Waals surface area contributed by atoms with Crippen molar-refractivity contribution in [1.82, 2.24) is 0 Å². The van der Waals surface area contributed by atoms with Crippen molar-refractivity contribution in [1.29, 1.82) is 0 Å². The van der Waals surface area contributed by atoms with Crippen LogP contribution in [0, 0.1) is 0 Å². The molecule has 0 bridgehead atoms. The molecule has 31 heavy (non-hydrogen) atoms. The van der Waals surface area contributed by atoms with Gasteiger partial charge < -0.3 is 0 Å². The molecular formula is C26H27BBr2N2. The first-order chi connectivity index (χ1) is 14.9. The first-order valence-electron chi connectivity index (χ1n) is 10.5. The van der Waals surface area contributed by atoms with Gasteiger partial charge in [-0.05, 0) is 52.9 Å². The molecule has 0 radical (unpaired) electrons. The minimum Gasteiger partial charge on any atom is -0.254 e. The number of aliphatic imine (C=N–C) groups is 2. The number of para-hydroxylation sites is 2. The first-order valence-corrected chi connectivity index (χ1v) is 12.2. The van der Waals surface area contributed by atoms with E-state index in [1.807, 2.05) is 25.3 Å². The summed E-state index contributed by atoms with van der Waals surface area (Å²) in [5.74, 6) is 0.399. The molecule has 3 aromatic carbocycles. The molecule has 0 N–H and O–H groups in total. The van der Waals surface area contributed by atoms with Crippen LogP contribution in [0.1, 0.15) is 49.6 Å². The van der Waals surface area contributed by atoms with Gasteiger partial charge in [-0.15, -0.1) is 0 Å². The number of rotatable bonds is 7. The van der Waals surface area contributed by atoms with Crippen molar-refractivity contribution in [2.45, 2.75) is 38.4 Å². The van der Waals surface area contributed by atoms with Crippen molar-refractivity contribution in [3.8, 4) is 0 Å². The molecule has 0 amide bonds. The van der Waals surface area contributed by atoms with Gasteiger partial charge in [-0.1, -0.05) is 101 Å². The predicted octanol–water partition coefficient (Wildman–Crippen LogP) is 6.91. The molecule has 0 aliphatic heterocycles. The summed E-state index contributed by atoms with van der Waals surface area (Å²) in [6.45, 7) is 8.56. The molecule has 2 nitrogen and oxygen atoms in total. The van der Waals surface area contributed by atoms with Crippen LogP contribution in [0.3, 0.4) is 0 Å². The van der Waals surface area contributed by atoms with Crippen LogP contribution in [0.2, 0.25) is 0 Å². The summed E-state index contributed by atoms with van der Waals surface area (Å²) in [4.78, 5) is 10.0. The Bertz CT molecular complexity index is 1060. The first kappa shape index (κ1) is 23.7. The third-order valence-corrected chi connectivity index (χ3v) is 6.26. The molecule has 0 spiro atoms. The summed E-state index contributed by atoms with van der Waals surface area (Å²) >= 11 is 7.40. The Morgan fingerprint density at radius 2 is 1.55 bits per heavy atom. The SMILES string of the molecule is CC(/C=N/c1c(Br)cccc1Bc1ccccc1)=N\c1c(C(C)C)cccc1C(C)Br. The third-order valence-electron chi connectivity index (χ3n) is 5.13. The minimum absolute atomic E-state index is 0.232. The highest BCUT2D eigenvalue weighted by molar-refractivity contribution is 9.10. The zero-order valence-corrected chi connectivity index (χ0v) is 21.6. The molecule has 5 heteroatoms. The van der Waals surface area contributed by atoms with E-state index < -0.39 is 0 Å². The number of halogens is 2. The summed E-state index contributed by atoms with van der Waals surface area (Å²) in [5, 5.41) is 0. The van der Waals surface area contributed by atoms with Gasteiger partial charge in [-0.2, -0.15) is 0 Å². The number of alkyl halides is 1. The fraction of sp³-hybridized carbons (Fsp3) is 0.231. The van der Waals surface area contributed by atoms with Crippen molar-refractivity contribution in [2.75, 3.05) is 0 Å². The predicted molar refractivity (Wildman–Crippen MR) is 146 cm³/mol. The van der Waals surface area contributed by atoms with Crippen LogP contribution in [0.15, 0.2) is 81.2 Å². The molecule has 1 unspecified atom stereocenters. The van der Waals surface area contributed by atoms with Crippen LogP contribution in [-0.4, -0.2) is 19.2 Å². The van der Waals surface area contributed by atoms with Crippen molar-refractivity contribution in [3.05, 3.63) is 82.3 Å². The van der Waals surface area contributed by atoms with Gasteiger partial charge >= 0.3 is 0 Å². The third kappa shape index (κ3) is 6.27. The largest absolute Gasteiger partial charge is 0.254 e. The normalized spacial score (nSPS) is 13.1. The lowest BCUT2D eigenvalue weighted by Crippen LogP contribution is -2.27. The van der Waals surface area contributed by atoms with Gasteiger partial charge in [0.15, 0.2) is 7.28 Å². The van der Waals surface area contributed by atoms with Gasteiger partial charge in [-0.25, -0.2) is 0 Å². The van der Waals surface area contributed by atoms with E-state index in [1.54, 1.807) is 0 Å². The van der Waals surface area contributed by atoms with Crippen molar-refractivity contribution in [3.63, 3.8) is 0 Å². The number of benzene rings is 3. The van der Waals surface area contributed by atoms with Gasteiger partial charge in [0.05, 0.1) is 17.1 Å². The maximum Gasteiger partial charge on any atom is 0.195 e. The Kier molecular flexibility index (Phi) is 8.45. The second-order valence-electron chi connectivity index (χ2n) is 7.98. The van der Waals surface area contributed by atoms with Crippen LogP contribution in [0.4, 0.5) is 11.4 Å². The van der Waals surface area contributed by atoms with E-state index in [1.165, 1.54) is 22.1 Å². The highest BCUT2D eigenvalue weighted by Gasteiger charge is 2.14. The maximum atomic E-state index is 4.98. The monoisotopic (exact) mass is 536 g/mol. The van der Waals surface area contributed by atoms with Crippen LogP contribution in [0.5, 0.6) is 0 Å². The van der Waals surface area contributed by atoms with Crippen molar-refractivity contribution in [2.24, 2.45) is 9.98 Å². The maximum absolute atomic E-state index is 4.98. The zero-order valence-electron chi connectivity index (χ0n) is 18.4. The van der Waals surface area contributed by atoms with Crippen LogP contribution >= 0.6 is 31.9 Å². The van der Waals surface area contributed by atoms with Gasteiger partial charge in [0.1, 0.15) is 0 Å². The van der Waals surface area contributed by atoms with Crippen molar-refractivity contribution >= 4 is 73.4 Å². The summed E-state index contributed by atoms with van der Waals surface area (Å²) in [7, 11) is 0.838. The Hall–Kier alpha value is -1.98. The highest BCUT2D eigenvalue weighted by atomic mass is 79.9. The topological polar surface area (TPSA) is 24.7 Å². The Balaban J connectivity index is 1.96. The second-order valence-corrected chi connectivity index (χ2v) is 10.2. The average Bonchev–Trinajstić information content (AvgIpc) is 2.74. The molecule has 0 aliphatic carbocycles. The van der Waals surface area contributed by atoms with Crippen LogP contribution in [0.25, 0.3) is 0 Å². The highest BCUT2D eigenvalue weighted by Crippen LogP contribution is 2.37. The molecular weight excluding hydrogens is 511 g/mol. The van der Waals surface area contributed by atoms with Crippen LogP contribution in [-0.2, 0) is 0 Å². The van der Waals surface area contributed by atoms with Gasteiger partial charge in [0, 0.05) is 15.5 Å². The average molecular weight is 538 g/mol. The van der Waals surface area contributed by atoms with E-state index in [9.17, 15) is 0 Å². The van der Waals surface area contributed by atoms with E-state index >= 15 is 0 Å². The summed E-state index contributed by atoms with van der Waals surface area (Å²) < 4.78 is 0.988. The number of hydrogen-bond donors (Lipinski definition) is 0. The lowest BCUT2D eigenvalue weighted by molar-refractivity contribution is 0.862. The lowest BCUT2D eigenvalue weighted by atomic mass is 9.63. The minimum atomic E-state index is 0.232. The molecule has 0 fully saturated rings. The summed E-state index contributed by atoms with van der Waals surface area (Å²) in [6.07, 6.45) is 1.87. The Morgan fingerprint density at radius 3 is 2.23 bits per heavy atom. The molecule has 1 atom stereocenters. The molecule has 0 aromatic heterocycles. The van der Waals surface area contributed by atoms with E-state index in [4.69, 9.17) is 9.98 Å². The van der Waals surface area contributed by atoms with Gasteiger partial charge in [0.25, 0.3) is 0 Å². The number of hydrogen-bond acceptors (Lipinski definition) is 2. The fourth-order valence-corrected chi connectivity index (χ4v) is 4.40. The van der Waals surface area contributed by atoms with Crippen LogP contribution < -0.4 is 10.9 Å². The Labute approximate surface area is 203 Å². The lowest BCUT2D eigenvalue weighted by Gasteiger charge is -2.16. The molecule has 3 rings (SSSR count). The molecule has 0 heterocycles. The molecule has 0 saturated carbocycles. The number of nitrogens with zero attached hydrogens (tertiary/aromatic N) is 2. The standard InChI is InChI=1S/C26H27BBr2N2/c1-17(2)21-12-8-13-22(19(4)28)25(21)31-18(3)16-30-26-23(14-9-15-24(26)29)27-20-10-6-5-7-11-20/h5-17,19,27H,1-4H3/b30-16+,31-18+. The summed E-state index contributed by atoms with van der Waals surface area (Å²) in [6, 6.07) is 23.1. The zero-order chi connectivity index (χ0) is 22.4. The van der Waals surface area contributed by atoms with Gasteiger partial charge in [0.2, 0.25) is 0 Å². The van der Waals surface area contributed by atoms with E-state index in [2.05, 4.69) is 107 Å². The molecule has 0 aliphatic rings. The van der Waals surface area contributed by atoms with E-state index in [0.29, 0.717) is 5.92 Å². The summed E-state index contributed by atoms with van der Waals surface area (Å²) in [5.41, 5.74) is 7.77. The molecule has 0 saturated heterocycles. The molecule has 3 aromatic rings. The quantitative estimate of drug-likeness (QED) is 0.178. The van der Waals surface area contributed by atoms with E-state index in [0.717, 1.165) is 28.8 Å². The Morgan fingerprint density at radius 1 is 0.871 bits per heavy atom. The van der Waals surface area contributed by atoms with Crippen molar-refractivity contribution < 1.29 is 0 Å². The smallest absolute Gasteiger partial charge is 0.195 e.